The van der Waals surface area contributed by atoms with Crippen molar-refractivity contribution in [1.82, 2.24) is 5.32 Å². The SMILES string of the molecule is O=C(Nc1ccc(C(F)(F)F)c(F)c1F)NC1CCCCC1. The van der Waals surface area contributed by atoms with E-state index >= 15 is 0 Å². The molecule has 0 spiro atoms. The molecule has 0 aliphatic heterocycles. The number of alkyl halides is 3. The lowest BCUT2D eigenvalue weighted by molar-refractivity contribution is -0.140. The van der Waals surface area contributed by atoms with Gasteiger partial charge in [0, 0.05) is 6.04 Å². The molecule has 0 bridgehead atoms. The molecule has 0 radical (unpaired) electrons. The number of hydrogen-bond donors (Lipinski definition) is 2. The predicted molar refractivity (Wildman–Crippen MR) is 70.4 cm³/mol. The van der Waals surface area contributed by atoms with Gasteiger partial charge in [-0.1, -0.05) is 19.3 Å². The number of halogens is 5. The molecule has 1 aromatic rings. The van der Waals surface area contributed by atoms with Crippen molar-refractivity contribution in [2.24, 2.45) is 0 Å². The number of anilines is 1. The van der Waals surface area contributed by atoms with E-state index in [9.17, 15) is 26.7 Å². The van der Waals surface area contributed by atoms with E-state index < -0.39 is 35.1 Å². The number of amides is 2. The first kappa shape index (κ1) is 16.5. The molecule has 122 valence electrons. The summed E-state index contributed by atoms with van der Waals surface area (Å²) in [5, 5.41) is 4.64. The number of rotatable bonds is 2. The smallest absolute Gasteiger partial charge is 0.335 e. The summed E-state index contributed by atoms with van der Waals surface area (Å²) in [7, 11) is 0. The minimum atomic E-state index is -4.99. The lowest BCUT2D eigenvalue weighted by Gasteiger charge is -2.23. The molecule has 1 aliphatic rings. The molecule has 1 aliphatic carbocycles. The molecule has 1 aromatic carbocycles. The molecule has 0 aromatic heterocycles. The summed E-state index contributed by atoms with van der Waals surface area (Å²) in [6, 6.07) is 0.275. The Hall–Kier alpha value is -1.86. The van der Waals surface area contributed by atoms with Gasteiger partial charge in [-0.3, -0.25) is 0 Å². The summed E-state index contributed by atoms with van der Waals surface area (Å²) in [5.41, 5.74) is -2.33. The summed E-state index contributed by atoms with van der Waals surface area (Å²) in [6.07, 6.45) is -0.399. The molecule has 1 saturated carbocycles. The Morgan fingerprint density at radius 2 is 1.68 bits per heavy atom. The summed E-state index contributed by atoms with van der Waals surface area (Å²) >= 11 is 0. The largest absolute Gasteiger partial charge is 0.419 e. The minimum Gasteiger partial charge on any atom is -0.335 e. The van der Waals surface area contributed by atoms with Crippen LogP contribution in [-0.4, -0.2) is 12.1 Å². The van der Waals surface area contributed by atoms with Crippen molar-refractivity contribution in [2.45, 2.75) is 44.3 Å². The van der Waals surface area contributed by atoms with Crippen molar-refractivity contribution < 1.29 is 26.7 Å². The molecule has 22 heavy (non-hydrogen) atoms. The van der Waals surface area contributed by atoms with Crippen molar-refractivity contribution in [2.75, 3.05) is 5.32 Å². The molecule has 0 saturated heterocycles. The van der Waals surface area contributed by atoms with Crippen LogP contribution in [0.4, 0.5) is 32.4 Å². The van der Waals surface area contributed by atoms with Crippen LogP contribution < -0.4 is 10.6 Å². The maximum absolute atomic E-state index is 13.6. The molecular formula is C14H15F5N2O. The zero-order valence-electron chi connectivity index (χ0n) is 11.6. The van der Waals surface area contributed by atoms with Crippen molar-refractivity contribution in [3.05, 3.63) is 29.3 Å². The van der Waals surface area contributed by atoms with Crippen molar-refractivity contribution in [3.8, 4) is 0 Å². The van der Waals surface area contributed by atoms with E-state index in [0.717, 1.165) is 32.1 Å². The molecule has 1 fully saturated rings. The summed E-state index contributed by atoms with van der Waals surface area (Å²) in [5.74, 6) is -3.75. The van der Waals surface area contributed by atoms with Crippen LogP contribution in [0.15, 0.2) is 12.1 Å². The number of benzene rings is 1. The Balaban J connectivity index is 2.06. The highest BCUT2D eigenvalue weighted by molar-refractivity contribution is 5.89. The Labute approximate surface area is 123 Å². The van der Waals surface area contributed by atoms with Crippen molar-refractivity contribution >= 4 is 11.7 Å². The topological polar surface area (TPSA) is 41.1 Å². The fourth-order valence-electron chi connectivity index (χ4n) is 2.46. The van der Waals surface area contributed by atoms with Crippen LogP contribution in [0, 0.1) is 11.6 Å². The van der Waals surface area contributed by atoms with E-state index in [0.29, 0.717) is 12.1 Å². The second kappa shape index (κ2) is 6.50. The number of urea groups is 1. The van der Waals surface area contributed by atoms with Gasteiger partial charge in [-0.2, -0.15) is 13.2 Å². The van der Waals surface area contributed by atoms with E-state index in [1.54, 1.807) is 0 Å². The number of carbonyl (C=O) groups is 1. The molecule has 2 rings (SSSR count). The average molecular weight is 322 g/mol. The van der Waals surface area contributed by atoms with Crippen LogP contribution in [-0.2, 0) is 6.18 Å². The Bertz CT molecular complexity index is 553. The fourth-order valence-corrected chi connectivity index (χ4v) is 2.46. The Morgan fingerprint density at radius 1 is 1.05 bits per heavy atom. The number of nitrogens with one attached hydrogen (secondary N) is 2. The normalized spacial score (nSPS) is 16.4. The van der Waals surface area contributed by atoms with Crippen LogP contribution in [0.5, 0.6) is 0 Å². The van der Waals surface area contributed by atoms with Gasteiger partial charge < -0.3 is 10.6 Å². The lowest BCUT2D eigenvalue weighted by atomic mass is 9.96. The molecular weight excluding hydrogens is 307 g/mol. The van der Waals surface area contributed by atoms with Gasteiger partial charge in [-0.25, -0.2) is 13.6 Å². The predicted octanol–water partition coefficient (Wildman–Crippen LogP) is 4.44. The standard InChI is InChI=1S/C14H15F5N2O/c15-11-9(14(17,18)19)6-7-10(12(11)16)21-13(22)20-8-4-2-1-3-5-8/h6-8H,1-5H2,(H2,20,21,22). The Kier molecular flexibility index (Phi) is 4.87. The van der Waals surface area contributed by atoms with E-state index in [1.165, 1.54) is 0 Å². The maximum atomic E-state index is 13.6. The van der Waals surface area contributed by atoms with Crippen LogP contribution >= 0.6 is 0 Å². The zero-order chi connectivity index (χ0) is 16.3. The first-order chi connectivity index (χ1) is 10.3. The van der Waals surface area contributed by atoms with Gasteiger partial charge >= 0.3 is 12.2 Å². The summed E-state index contributed by atoms with van der Waals surface area (Å²) in [4.78, 5) is 11.7. The van der Waals surface area contributed by atoms with Crippen LogP contribution in [0.1, 0.15) is 37.7 Å². The first-order valence-electron chi connectivity index (χ1n) is 6.91. The van der Waals surface area contributed by atoms with Gasteiger partial charge in [-0.05, 0) is 25.0 Å². The molecule has 0 unspecified atom stereocenters. The van der Waals surface area contributed by atoms with Crippen LogP contribution in [0.25, 0.3) is 0 Å². The van der Waals surface area contributed by atoms with Gasteiger partial charge in [0.15, 0.2) is 11.6 Å². The second-order valence-electron chi connectivity index (χ2n) is 5.22. The highest BCUT2D eigenvalue weighted by Gasteiger charge is 2.36. The van der Waals surface area contributed by atoms with Crippen molar-refractivity contribution in [1.29, 1.82) is 0 Å². The highest BCUT2D eigenvalue weighted by Crippen LogP contribution is 2.34. The van der Waals surface area contributed by atoms with E-state index in [1.807, 2.05) is 5.32 Å². The van der Waals surface area contributed by atoms with Gasteiger partial charge in [0.05, 0.1) is 11.3 Å². The number of hydrogen-bond acceptors (Lipinski definition) is 1. The Morgan fingerprint density at radius 3 is 2.27 bits per heavy atom. The third-order valence-electron chi connectivity index (χ3n) is 3.58. The van der Waals surface area contributed by atoms with Gasteiger partial charge in [0.25, 0.3) is 0 Å². The highest BCUT2D eigenvalue weighted by atomic mass is 19.4. The lowest BCUT2D eigenvalue weighted by Crippen LogP contribution is -2.39. The molecule has 2 amide bonds. The molecule has 2 N–H and O–H groups in total. The summed E-state index contributed by atoms with van der Waals surface area (Å²) < 4.78 is 64.3. The monoisotopic (exact) mass is 322 g/mol. The molecule has 0 atom stereocenters. The van der Waals surface area contributed by atoms with Gasteiger partial charge in [0.1, 0.15) is 0 Å². The average Bonchev–Trinajstić information content (AvgIpc) is 2.43. The maximum Gasteiger partial charge on any atom is 0.419 e. The quantitative estimate of drug-likeness (QED) is 0.777. The van der Waals surface area contributed by atoms with Crippen LogP contribution in [0.2, 0.25) is 0 Å². The van der Waals surface area contributed by atoms with E-state index in [2.05, 4.69) is 5.32 Å². The third-order valence-corrected chi connectivity index (χ3v) is 3.58. The first-order valence-corrected chi connectivity index (χ1v) is 6.91. The fraction of sp³-hybridized carbons (Fsp3) is 0.500. The van der Waals surface area contributed by atoms with Gasteiger partial charge in [-0.15, -0.1) is 0 Å². The second-order valence-corrected chi connectivity index (χ2v) is 5.22. The van der Waals surface area contributed by atoms with E-state index in [4.69, 9.17) is 0 Å². The van der Waals surface area contributed by atoms with E-state index in [-0.39, 0.29) is 6.04 Å². The number of carbonyl (C=O) groups excluding carboxylic acids is 1. The van der Waals surface area contributed by atoms with Crippen LogP contribution in [0.3, 0.4) is 0 Å². The molecule has 0 heterocycles. The zero-order valence-corrected chi connectivity index (χ0v) is 11.6. The molecule has 8 heteroatoms. The van der Waals surface area contributed by atoms with Gasteiger partial charge in [0.2, 0.25) is 0 Å². The van der Waals surface area contributed by atoms with Crippen molar-refractivity contribution in [3.63, 3.8) is 0 Å². The minimum absolute atomic E-state index is 0.0592. The third kappa shape index (κ3) is 3.86. The molecule has 3 nitrogen and oxygen atoms in total. The summed E-state index contributed by atoms with van der Waals surface area (Å²) in [6.45, 7) is 0.